The van der Waals surface area contributed by atoms with Crippen molar-refractivity contribution >= 4 is 11.9 Å². The molecule has 1 aromatic carbocycles. The number of carboxylic acid groups (broad SMARTS) is 1. The maximum Gasteiger partial charge on any atom is 0.329 e. The van der Waals surface area contributed by atoms with Gasteiger partial charge in [0.05, 0.1) is 0 Å². The van der Waals surface area contributed by atoms with Crippen molar-refractivity contribution in [3.05, 3.63) is 34.9 Å². The van der Waals surface area contributed by atoms with E-state index in [-0.39, 0.29) is 5.91 Å². The normalized spacial score (nSPS) is 21.6. The Morgan fingerprint density at radius 2 is 1.86 bits per heavy atom. The van der Waals surface area contributed by atoms with E-state index in [1.54, 1.807) is 4.90 Å². The first kappa shape index (κ1) is 15.5. The summed E-state index contributed by atoms with van der Waals surface area (Å²) in [6, 6.07) is 5.69. The monoisotopic (exact) mass is 289 g/mol. The summed E-state index contributed by atoms with van der Waals surface area (Å²) in [7, 11) is 0. The van der Waals surface area contributed by atoms with Gasteiger partial charge in [0.25, 0.3) is 5.91 Å². The van der Waals surface area contributed by atoms with E-state index >= 15 is 0 Å². The number of likely N-dealkylation sites (tertiary alicyclic amines) is 1. The number of carbonyl (C=O) groups excluding carboxylic acids is 1. The molecule has 114 valence electrons. The number of carboxylic acids is 1. The molecule has 1 unspecified atom stereocenters. The molecule has 4 nitrogen and oxygen atoms in total. The van der Waals surface area contributed by atoms with Gasteiger partial charge in [-0.2, -0.15) is 0 Å². The zero-order chi connectivity index (χ0) is 15.6. The van der Waals surface area contributed by atoms with E-state index in [1.165, 1.54) is 0 Å². The minimum atomic E-state index is -1.02. The van der Waals surface area contributed by atoms with Gasteiger partial charge in [0.15, 0.2) is 0 Å². The number of aliphatic carboxylic acids is 1. The zero-order valence-electron chi connectivity index (χ0n) is 13.0. The molecule has 1 atom stereocenters. The molecular weight excluding hydrogens is 266 g/mol. The molecule has 1 fully saturated rings. The van der Waals surface area contributed by atoms with Gasteiger partial charge in [-0.05, 0) is 45.2 Å². The van der Waals surface area contributed by atoms with Crippen LogP contribution < -0.4 is 0 Å². The zero-order valence-corrected chi connectivity index (χ0v) is 13.0. The van der Waals surface area contributed by atoms with Crippen LogP contribution in [0.25, 0.3) is 0 Å². The SMILES string of the molecule is CCCC1(C(=O)O)CCCN1C(=O)c1cc(C)cc(C)c1. The standard InChI is InChI=1S/C17H23NO3/c1-4-6-17(16(20)21)7-5-8-18(17)15(19)14-10-12(2)9-13(3)11-14/h9-11H,4-8H2,1-3H3,(H,20,21). The van der Waals surface area contributed by atoms with Crippen LogP contribution in [0.4, 0.5) is 0 Å². The van der Waals surface area contributed by atoms with Crippen molar-refractivity contribution in [3.63, 3.8) is 0 Å². The fourth-order valence-electron chi connectivity index (χ4n) is 3.43. The Labute approximate surface area is 125 Å². The lowest BCUT2D eigenvalue weighted by Crippen LogP contribution is -2.53. The number of hydrogen-bond acceptors (Lipinski definition) is 2. The molecule has 1 aliphatic rings. The maximum atomic E-state index is 12.8. The molecule has 0 radical (unpaired) electrons. The molecule has 2 rings (SSSR count). The topological polar surface area (TPSA) is 57.6 Å². The molecule has 21 heavy (non-hydrogen) atoms. The molecule has 1 amide bonds. The smallest absolute Gasteiger partial charge is 0.329 e. The van der Waals surface area contributed by atoms with Crippen LogP contribution in [-0.4, -0.2) is 34.0 Å². The van der Waals surface area contributed by atoms with Gasteiger partial charge in [0.1, 0.15) is 5.54 Å². The molecular formula is C17H23NO3. The fraction of sp³-hybridized carbons (Fsp3) is 0.529. The van der Waals surface area contributed by atoms with E-state index < -0.39 is 11.5 Å². The third-order valence-electron chi connectivity index (χ3n) is 4.26. The van der Waals surface area contributed by atoms with E-state index in [0.717, 1.165) is 24.0 Å². The molecule has 1 aromatic rings. The second-order valence-electron chi connectivity index (χ2n) is 6.02. The highest BCUT2D eigenvalue weighted by molar-refractivity contribution is 5.98. The third-order valence-corrected chi connectivity index (χ3v) is 4.26. The Hall–Kier alpha value is -1.84. The summed E-state index contributed by atoms with van der Waals surface area (Å²) < 4.78 is 0. The highest BCUT2D eigenvalue weighted by atomic mass is 16.4. The Bertz CT molecular complexity index is 547. The van der Waals surface area contributed by atoms with Crippen molar-refractivity contribution < 1.29 is 14.7 Å². The summed E-state index contributed by atoms with van der Waals surface area (Å²) in [5, 5.41) is 9.68. The summed E-state index contributed by atoms with van der Waals surface area (Å²) >= 11 is 0. The maximum absolute atomic E-state index is 12.8. The summed E-state index contributed by atoms with van der Waals surface area (Å²) in [5.74, 6) is -1.03. The second-order valence-corrected chi connectivity index (χ2v) is 6.02. The molecule has 0 aliphatic carbocycles. The van der Waals surface area contributed by atoms with Crippen molar-refractivity contribution in [1.82, 2.24) is 4.90 Å². The lowest BCUT2D eigenvalue weighted by Gasteiger charge is -2.34. The third kappa shape index (κ3) is 2.80. The number of rotatable bonds is 4. The van der Waals surface area contributed by atoms with E-state index in [2.05, 4.69) is 0 Å². The Morgan fingerprint density at radius 1 is 1.24 bits per heavy atom. The Balaban J connectivity index is 2.38. The Kier molecular flexibility index (Phi) is 4.35. The van der Waals surface area contributed by atoms with Crippen molar-refractivity contribution in [2.75, 3.05) is 6.54 Å². The molecule has 1 saturated heterocycles. The van der Waals surface area contributed by atoms with Gasteiger partial charge < -0.3 is 10.0 Å². The van der Waals surface area contributed by atoms with Crippen LogP contribution in [0.1, 0.15) is 54.1 Å². The number of hydrogen-bond donors (Lipinski definition) is 1. The lowest BCUT2D eigenvalue weighted by atomic mass is 9.90. The summed E-state index contributed by atoms with van der Waals surface area (Å²) in [4.78, 5) is 26.2. The van der Waals surface area contributed by atoms with Crippen LogP contribution in [0.5, 0.6) is 0 Å². The van der Waals surface area contributed by atoms with Crippen LogP contribution in [0, 0.1) is 13.8 Å². The molecule has 4 heteroatoms. The van der Waals surface area contributed by atoms with Crippen LogP contribution in [0.3, 0.4) is 0 Å². The molecule has 0 aromatic heterocycles. The first-order valence-electron chi connectivity index (χ1n) is 7.54. The number of amides is 1. The first-order chi connectivity index (χ1) is 9.90. The Morgan fingerprint density at radius 3 is 2.38 bits per heavy atom. The van der Waals surface area contributed by atoms with Crippen LogP contribution in [-0.2, 0) is 4.79 Å². The van der Waals surface area contributed by atoms with Crippen molar-refractivity contribution in [3.8, 4) is 0 Å². The molecule has 1 heterocycles. The molecule has 1 aliphatic heterocycles. The largest absolute Gasteiger partial charge is 0.479 e. The van der Waals surface area contributed by atoms with E-state index in [4.69, 9.17) is 0 Å². The number of nitrogens with zero attached hydrogens (tertiary/aromatic N) is 1. The van der Waals surface area contributed by atoms with Gasteiger partial charge >= 0.3 is 5.97 Å². The van der Waals surface area contributed by atoms with E-state index in [1.807, 2.05) is 39.0 Å². The van der Waals surface area contributed by atoms with Gasteiger partial charge in [-0.3, -0.25) is 4.79 Å². The highest BCUT2D eigenvalue weighted by Crippen LogP contribution is 2.35. The molecule has 0 spiro atoms. The second kappa shape index (κ2) is 5.88. The summed E-state index contributed by atoms with van der Waals surface area (Å²) in [6.45, 7) is 6.38. The van der Waals surface area contributed by atoms with Crippen LogP contribution in [0.15, 0.2) is 18.2 Å². The summed E-state index contributed by atoms with van der Waals surface area (Å²) in [5.41, 5.74) is 1.61. The predicted molar refractivity (Wildman–Crippen MR) is 81.5 cm³/mol. The lowest BCUT2D eigenvalue weighted by molar-refractivity contribution is -0.148. The predicted octanol–water partition coefficient (Wildman–Crippen LogP) is 3.16. The molecule has 1 N–H and O–H groups in total. The van der Waals surface area contributed by atoms with Gasteiger partial charge in [-0.1, -0.05) is 30.5 Å². The van der Waals surface area contributed by atoms with Crippen LogP contribution in [0.2, 0.25) is 0 Å². The minimum Gasteiger partial charge on any atom is -0.479 e. The summed E-state index contributed by atoms with van der Waals surface area (Å²) in [6.07, 6.45) is 2.57. The van der Waals surface area contributed by atoms with E-state index in [0.29, 0.717) is 24.9 Å². The van der Waals surface area contributed by atoms with Gasteiger partial charge in [-0.25, -0.2) is 4.79 Å². The number of carbonyl (C=O) groups is 2. The van der Waals surface area contributed by atoms with E-state index in [9.17, 15) is 14.7 Å². The highest BCUT2D eigenvalue weighted by Gasteiger charge is 2.49. The number of benzene rings is 1. The van der Waals surface area contributed by atoms with Crippen molar-refractivity contribution in [1.29, 1.82) is 0 Å². The van der Waals surface area contributed by atoms with Crippen molar-refractivity contribution in [2.24, 2.45) is 0 Å². The number of aryl methyl sites for hydroxylation is 2. The average Bonchev–Trinajstić information content (AvgIpc) is 2.82. The van der Waals surface area contributed by atoms with Gasteiger partial charge in [-0.15, -0.1) is 0 Å². The first-order valence-corrected chi connectivity index (χ1v) is 7.54. The van der Waals surface area contributed by atoms with Gasteiger partial charge in [0.2, 0.25) is 0 Å². The average molecular weight is 289 g/mol. The molecule has 0 saturated carbocycles. The van der Waals surface area contributed by atoms with Gasteiger partial charge in [0, 0.05) is 12.1 Å². The quantitative estimate of drug-likeness (QED) is 0.926. The van der Waals surface area contributed by atoms with Crippen LogP contribution >= 0.6 is 0 Å². The molecule has 0 bridgehead atoms. The fourth-order valence-corrected chi connectivity index (χ4v) is 3.43. The van der Waals surface area contributed by atoms with Crippen molar-refractivity contribution in [2.45, 2.75) is 52.0 Å². The minimum absolute atomic E-state index is 0.157.